The standard InChI is InChI=1S/C20H28O3/c1-4-6-11-17(15-21)19(13-14-23-20(22)9-5-2)18-12-8-7-10-16(18)3/h7-8,10,12,15H,4-6,9,11,13-14H2,1-3H3/b19-17-. The van der Waals surface area contributed by atoms with E-state index in [4.69, 9.17) is 4.74 Å². The molecular formula is C20H28O3. The highest BCUT2D eigenvalue weighted by molar-refractivity contribution is 5.89. The van der Waals surface area contributed by atoms with Crippen LogP contribution < -0.4 is 0 Å². The van der Waals surface area contributed by atoms with E-state index >= 15 is 0 Å². The smallest absolute Gasteiger partial charge is 0.305 e. The van der Waals surface area contributed by atoms with Crippen molar-refractivity contribution in [3.63, 3.8) is 0 Å². The summed E-state index contributed by atoms with van der Waals surface area (Å²) >= 11 is 0. The van der Waals surface area contributed by atoms with Crippen LogP contribution in [0.5, 0.6) is 0 Å². The molecule has 126 valence electrons. The van der Waals surface area contributed by atoms with E-state index in [9.17, 15) is 9.59 Å². The van der Waals surface area contributed by atoms with Gasteiger partial charge < -0.3 is 4.74 Å². The minimum atomic E-state index is -0.169. The molecule has 0 fully saturated rings. The van der Waals surface area contributed by atoms with Crippen LogP contribution in [-0.4, -0.2) is 18.9 Å². The fourth-order valence-electron chi connectivity index (χ4n) is 2.57. The predicted octanol–water partition coefficient (Wildman–Crippen LogP) is 4.87. The minimum absolute atomic E-state index is 0.169. The van der Waals surface area contributed by atoms with E-state index in [0.717, 1.165) is 54.2 Å². The Kier molecular flexibility index (Phi) is 8.96. The molecule has 3 heteroatoms. The van der Waals surface area contributed by atoms with Crippen LogP contribution >= 0.6 is 0 Å². The number of hydrogen-bond acceptors (Lipinski definition) is 3. The third-order valence-electron chi connectivity index (χ3n) is 3.87. The van der Waals surface area contributed by atoms with Crippen LogP contribution in [-0.2, 0) is 14.3 Å². The lowest BCUT2D eigenvalue weighted by Crippen LogP contribution is -2.07. The molecular weight excluding hydrogens is 288 g/mol. The number of aldehydes is 1. The molecule has 23 heavy (non-hydrogen) atoms. The lowest BCUT2D eigenvalue weighted by atomic mass is 9.92. The van der Waals surface area contributed by atoms with Crippen molar-refractivity contribution in [2.45, 2.75) is 59.3 Å². The Hall–Kier alpha value is -1.90. The van der Waals surface area contributed by atoms with Gasteiger partial charge in [-0.1, -0.05) is 44.5 Å². The maximum atomic E-state index is 11.6. The maximum absolute atomic E-state index is 11.6. The van der Waals surface area contributed by atoms with Crippen LogP contribution in [0.2, 0.25) is 0 Å². The summed E-state index contributed by atoms with van der Waals surface area (Å²) in [4.78, 5) is 23.1. The fourth-order valence-corrected chi connectivity index (χ4v) is 2.57. The number of hydrogen-bond donors (Lipinski definition) is 0. The van der Waals surface area contributed by atoms with Crippen LogP contribution in [0.1, 0.15) is 63.5 Å². The van der Waals surface area contributed by atoms with Crippen LogP contribution in [0, 0.1) is 6.92 Å². The highest BCUT2D eigenvalue weighted by Crippen LogP contribution is 2.27. The largest absolute Gasteiger partial charge is 0.465 e. The molecule has 0 amide bonds. The Morgan fingerprint density at radius 1 is 1.09 bits per heavy atom. The summed E-state index contributed by atoms with van der Waals surface area (Å²) in [6.07, 6.45) is 5.58. The molecule has 0 aromatic heterocycles. The zero-order chi connectivity index (χ0) is 17.1. The van der Waals surface area contributed by atoms with Gasteiger partial charge >= 0.3 is 5.97 Å². The highest BCUT2D eigenvalue weighted by atomic mass is 16.5. The summed E-state index contributed by atoms with van der Waals surface area (Å²) in [7, 11) is 0. The second-order valence-electron chi connectivity index (χ2n) is 5.76. The lowest BCUT2D eigenvalue weighted by Gasteiger charge is -2.15. The number of carbonyl (C=O) groups excluding carboxylic acids is 2. The second kappa shape index (κ2) is 10.8. The van der Waals surface area contributed by atoms with Gasteiger partial charge in [0.05, 0.1) is 6.61 Å². The molecule has 0 bridgehead atoms. The van der Waals surface area contributed by atoms with Gasteiger partial charge in [0.25, 0.3) is 0 Å². The van der Waals surface area contributed by atoms with Gasteiger partial charge in [0.2, 0.25) is 0 Å². The van der Waals surface area contributed by atoms with Crippen molar-refractivity contribution in [3.05, 3.63) is 41.0 Å². The van der Waals surface area contributed by atoms with Crippen LogP contribution in [0.3, 0.4) is 0 Å². The van der Waals surface area contributed by atoms with Gasteiger partial charge in [0.1, 0.15) is 6.29 Å². The number of allylic oxidation sites excluding steroid dienone is 1. The first-order valence-electron chi connectivity index (χ1n) is 8.52. The number of rotatable bonds is 10. The Balaban J connectivity index is 2.97. The van der Waals surface area contributed by atoms with Crippen molar-refractivity contribution in [2.24, 2.45) is 0 Å². The molecule has 0 N–H and O–H groups in total. The molecule has 1 aromatic carbocycles. The van der Waals surface area contributed by atoms with Gasteiger partial charge in [-0.15, -0.1) is 0 Å². The van der Waals surface area contributed by atoms with E-state index in [2.05, 4.69) is 6.92 Å². The van der Waals surface area contributed by atoms with Gasteiger partial charge in [-0.25, -0.2) is 0 Å². The first-order chi connectivity index (χ1) is 11.1. The molecule has 0 aliphatic rings. The first-order valence-corrected chi connectivity index (χ1v) is 8.52. The summed E-state index contributed by atoms with van der Waals surface area (Å²) in [6, 6.07) is 8.05. The Labute approximate surface area is 139 Å². The summed E-state index contributed by atoms with van der Waals surface area (Å²) in [5.74, 6) is -0.169. The Morgan fingerprint density at radius 2 is 1.83 bits per heavy atom. The molecule has 3 nitrogen and oxygen atoms in total. The molecule has 1 aromatic rings. The maximum Gasteiger partial charge on any atom is 0.305 e. The lowest BCUT2D eigenvalue weighted by molar-refractivity contribution is -0.143. The molecule has 0 radical (unpaired) electrons. The van der Waals surface area contributed by atoms with Crippen molar-refractivity contribution in [3.8, 4) is 0 Å². The zero-order valence-electron chi connectivity index (χ0n) is 14.6. The predicted molar refractivity (Wildman–Crippen MR) is 94.2 cm³/mol. The van der Waals surface area contributed by atoms with Gasteiger partial charge in [-0.3, -0.25) is 9.59 Å². The van der Waals surface area contributed by atoms with E-state index in [1.54, 1.807) is 0 Å². The van der Waals surface area contributed by atoms with Crippen molar-refractivity contribution in [2.75, 3.05) is 6.61 Å². The third-order valence-corrected chi connectivity index (χ3v) is 3.87. The summed E-state index contributed by atoms with van der Waals surface area (Å²) in [5.41, 5.74) is 4.05. The number of benzene rings is 1. The third kappa shape index (κ3) is 6.39. The molecule has 0 saturated heterocycles. The van der Waals surface area contributed by atoms with Crippen LogP contribution in [0.4, 0.5) is 0 Å². The average molecular weight is 316 g/mol. The Morgan fingerprint density at radius 3 is 2.43 bits per heavy atom. The fraction of sp³-hybridized carbons (Fsp3) is 0.500. The van der Waals surface area contributed by atoms with E-state index in [1.807, 2.05) is 38.1 Å². The molecule has 0 saturated carbocycles. The number of esters is 1. The van der Waals surface area contributed by atoms with Gasteiger partial charge in [0.15, 0.2) is 0 Å². The molecule has 0 spiro atoms. The molecule has 0 atom stereocenters. The van der Waals surface area contributed by atoms with Crippen LogP contribution in [0.15, 0.2) is 29.8 Å². The number of carbonyl (C=O) groups is 2. The molecule has 0 aliphatic heterocycles. The number of ether oxygens (including phenoxy) is 1. The monoisotopic (exact) mass is 316 g/mol. The average Bonchev–Trinajstić information content (AvgIpc) is 2.54. The molecule has 0 aliphatic carbocycles. The Bertz CT molecular complexity index is 544. The van der Waals surface area contributed by atoms with Crippen molar-refractivity contribution in [1.82, 2.24) is 0 Å². The highest BCUT2D eigenvalue weighted by Gasteiger charge is 2.12. The van der Waals surface area contributed by atoms with Gasteiger partial charge in [0, 0.05) is 12.8 Å². The first kappa shape index (κ1) is 19.1. The zero-order valence-corrected chi connectivity index (χ0v) is 14.6. The van der Waals surface area contributed by atoms with E-state index in [0.29, 0.717) is 19.4 Å². The molecule has 0 unspecified atom stereocenters. The van der Waals surface area contributed by atoms with Crippen molar-refractivity contribution < 1.29 is 14.3 Å². The topological polar surface area (TPSA) is 43.4 Å². The SMILES string of the molecule is CCCC/C(C=O)=C(\CCOC(=O)CCC)c1ccccc1C. The summed E-state index contributed by atoms with van der Waals surface area (Å²) in [6.45, 7) is 6.43. The normalized spacial score (nSPS) is 11.8. The van der Waals surface area contributed by atoms with E-state index in [-0.39, 0.29) is 5.97 Å². The number of unbranched alkanes of at least 4 members (excludes halogenated alkanes) is 1. The van der Waals surface area contributed by atoms with E-state index in [1.165, 1.54) is 0 Å². The summed E-state index contributed by atoms with van der Waals surface area (Å²) in [5, 5.41) is 0. The second-order valence-corrected chi connectivity index (χ2v) is 5.76. The molecule has 1 rings (SSSR count). The quantitative estimate of drug-likeness (QED) is 0.351. The summed E-state index contributed by atoms with van der Waals surface area (Å²) < 4.78 is 5.28. The number of aryl methyl sites for hydroxylation is 1. The van der Waals surface area contributed by atoms with Gasteiger partial charge in [-0.2, -0.15) is 0 Å². The van der Waals surface area contributed by atoms with Crippen molar-refractivity contribution >= 4 is 17.8 Å². The molecule has 0 heterocycles. The van der Waals surface area contributed by atoms with Gasteiger partial charge in [-0.05, 0) is 48.5 Å². The van der Waals surface area contributed by atoms with E-state index < -0.39 is 0 Å². The minimum Gasteiger partial charge on any atom is -0.465 e. The van der Waals surface area contributed by atoms with Crippen LogP contribution in [0.25, 0.3) is 5.57 Å². The van der Waals surface area contributed by atoms with Crippen molar-refractivity contribution in [1.29, 1.82) is 0 Å².